The molecule has 5 heteroatoms. The number of hydrogen-bond donors (Lipinski definition) is 3. The van der Waals surface area contributed by atoms with Crippen molar-refractivity contribution in [3.05, 3.63) is 53.3 Å². The summed E-state index contributed by atoms with van der Waals surface area (Å²) in [6.07, 6.45) is 3.05. The van der Waals surface area contributed by atoms with Crippen LogP contribution >= 0.6 is 0 Å². The minimum absolute atomic E-state index is 0.243. The molecule has 0 spiro atoms. The highest BCUT2D eigenvalue weighted by Crippen LogP contribution is 2.19. The Morgan fingerprint density at radius 3 is 2.68 bits per heavy atom. The molecule has 0 radical (unpaired) electrons. The van der Waals surface area contributed by atoms with Gasteiger partial charge in [-0.25, -0.2) is 0 Å². The number of hydrogen-bond acceptors (Lipinski definition) is 4. The van der Waals surface area contributed by atoms with E-state index in [1.807, 2.05) is 32.0 Å². The van der Waals surface area contributed by atoms with Gasteiger partial charge >= 0.3 is 0 Å². The SMILES string of the molecule is Cc1ccc(NC(=O)c2cnccc2NN)c(C)c1. The van der Waals surface area contributed by atoms with Crippen LogP contribution in [0.1, 0.15) is 21.5 Å². The van der Waals surface area contributed by atoms with Gasteiger partial charge in [0, 0.05) is 18.1 Å². The molecule has 1 aromatic carbocycles. The zero-order chi connectivity index (χ0) is 13.8. The second-order valence-electron chi connectivity index (χ2n) is 4.34. The van der Waals surface area contributed by atoms with Gasteiger partial charge in [0.25, 0.3) is 5.91 Å². The number of nitrogens with zero attached hydrogens (tertiary/aromatic N) is 1. The van der Waals surface area contributed by atoms with E-state index >= 15 is 0 Å². The van der Waals surface area contributed by atoms with Crippen LogP contribution in [0.4, 0.5) is 11.4 Å². The molecule has 0 aliphatic carbocycles. The Kier molecular flexibility index (Phi) is 3.77. The molecule has 5 nitrogen and oxygen atoms in total. The number of rotatable bonds is 3. The van der Waals surface area contributed by atoms with Crippen molar-refractivity contribution in [1.82, 2.24) is 4.98 Å². The fraction of sp³-hybridized carbons (Fsp3) is 0.143. The first kappa shape index (κ1) is 13.0. The van der Waals surface area contributed by atoms with E-state index < -0.39 is 0 Å². The maximum Gasteiger partial charge on any atom is 0.259 e. The van der Waals surface area contributed by atoms with E-state index in [4.69, 9.17) is 5.84 Å². The van der Waals surface area contributed by atoms with Gasteiger partial charge in [0.15, 0.2) is 0 Å². The number of carbonyl (C=O) groups is 1. The standard InChI is InChI=1S/C14H16N4O/c1-9-3-4-12(10(2)7-9)17-14(19)11-8-16-6-5-13(11)18-15/h3-8H,15H2,1-2H3,(H,16,18)(H,17,19). The maximum atomic E-state index is 12.2. The lowest BCUT2D eigenvalue weighted by Crippen LogP contribution is -2.18. The number of amides is 1. The van der Waals surface area contributed by atoms with Crippen LogP contribution < -0.4 is 16.6 Å². The number of aryl methyl sites for hydroxylation is 2. The molecule has 0 aliphatic rings. The van der Waals surface area contributed by atoms with Crippen LogP contribution in [-0.4, -0.2) is 10.9 Å². The first-order chi connectivity index (χ1) is 9.11. The van der Waals surface area contributed by atoms with Crippen molar-refractivity contribution in [1.29, 1.82) is 0 Å². The third-order valence-corrected chi connectivity index (χ3v) is 2.85. The fourth-order valence-corrected chi connectivity index (χ4v) is 1.84. The van der Waals surface area contributed by atoms with Crippen LogP contribution in [0, 0.1) is 13.8 Å². The smallest absolute Gasteiger partial charge is 0.259 e. The number of nitrogens with one attached hydrogen (secondary N) is 2. The van der Waals surface area contributed by atoms with Crippen molar-refractivity contribution in [2.24, 2.45) is 5.84 Å². The second-order valence-corrected chi connectivity index (χ2v) is 4.34. The van der Waals surface area contributed by atoms with E-state index in [2.05, 4.69) is 15.7 Å². The molecule has 0 bridgehead atoms. The van der Waals surface area contributed by atoms with Crippen LogP contribution in [0.25, 0.3) is 0 Å². The topological polar surface area (TPSA) is 80.0 Å². The van der Waals surface area contributed by atoms with Gasteiger partial charge in [-0.2, -0.15) is 0 Å². The Labute approximate surface area is 111 Å². The lowest BCUT2D eigenvalue weighted by atomic mass is 10.1. The van der Waals surface area contributed by atoms with Gasteiger partial charge in [0.2, 0.25) is 0 Å². The van der Waals surface area contributed by atoms with E-state index in [0.717, 1.165) is 16.8 Å². The first-order valence-electron chi connectivity index (χ1n) is 5.91. The average molecular weight is 256 g/mol. The minimum atomic E-state index is -0.243. The highest BCUT2D eigenvalue weighted by Gasteiger charge is 2.12. The summed E-state index contributed by atoms with van der Waals surface area (Å²) in [5.74, 6) is 5.13. The number of nitrogens with two attached hydrogens (primary N) is 1. The Morgan fingerprint density at radius 2 is 2.00 bits per heavy atom. The lowest BCUT2D eigenvalue weighted by molar-refractivity contribution is 0.102. The monoisotopic (exact) mass is 256 g/mol. The zero-order valence-electron chi connectivity index (χ0n) is 10.9. The normalized spacial score (nSPS) is 10.1. The summed E-state index contributed by atoms with van der Waals surface area (Å²) in [4.78, 5) is 16.1. The van der Waals surface area contributed by atoms with Gasteiger partial charge in [-0.1, -0.05) is 17.7 Å². The molecule has 0 saturated carbocycles. The van der Waals surface area contributed by atoms with Gasteiger partial charge in [-0.3, -0.25) is 15.6 Å². The van der Waals surface area contributed by atoms with Crippen molar-refractivity contribution in [3.63, 3.8) is 0 Å². The Balaban J connectivity index is 2.26. The summed E-state index contributed by atoms with van der Waals surface area (Å²) in [6, 6.07) is 7.50. The molecule has 2 rings (SSSR count). The molecule has 2 aromatic rings. The van der Waals surface area contributed by atoms with E-state index in [0.29, 0.717) is 11.3 Å². The lowest BCUT2D eigenvalue weighted by Gasteiger charge is -2.11. The summed E-state index contributed by atoms with van der Waals surface area (Å²) in [7, 11) is 0. The number of benzene rings is 1. The van der Waals surface area contributed by atoms with Gasteiger partial charge in [0.1, 0.15) is 0 Å². The van der Waals surface area contributed by atoms with E-state index in [-0.39, 0.29) is 5.91 Å². The van der Waals surface area contributed by atoms with Gasteiger partial charge in [-0.15, -0.1) is 0 Å². The number of nitrogen functional groups attached to an aromatic ring is 1. The number of pyridine rings is 1. The van der Waals surface area contributed by atoms with Gasteiger partial charge < -0.3 is 10.7 Å². The average Bonchev–Trinajstić information content (AvgIpc) is 2.41. The predicted molar refractivity (Wildman–Crippen MR) is 75.9 cm³/mol. The third kappa shape index (κ3) is 2.89. The maximum absolute atomic E-state index is 12.2. The predicted octanol–water partition coefficient (Wildman–Crippen LogP) is 2.24. The summed E-state index contributed by atoms with van der Waals surface area (Å²) in [5, 5.41) is 2.85. The van der Waals surface area contributed by atoms with Crippen molar-refractivity contribution in [2.45, 2.75) is 13.8 Å². The van der Waals surface area contributed by atoms with Gasteiger partial charge in [0.05, 0.1) is 11.3 Å². The molecule has 19 heavy (non-hydrogen) atoms. The molecular formula is C14H16N4O. The van der Waals surface area contributed by atoms with Crippen LogP contribution in [0.2, 0.25) is 0 Å². The largest absolute Gasteiger partial charge is 0.323 e. The Hall–Kier alpha value is -2.40. The van der Waals surface area contributed by atoms with Crippen molar-refractivity contribution < 1.29 is 4.79 Å². The summed E-state index contributed by atoms with van der Waals surface area (Å²) >= 11 is 0. The molecule has 1 heterocycles. The molecular weight excluding hydrogens is 240 g/mol. The highest BCUT2D eigenvalue weighted by molar-refractivity contribution is 6.08. The zero-order valence-corrected chi connectivity index (χ0v) is 10.9. The number of anilines is 2. The molecule has 1 amide bonds. The molecule has 0 atom stereocenters. The van der Waals surface area contributed by atoms with Crippen LogP contribution in [0.5, 0.6) is 0 Å². The van der Waals surface area contributed by atoms with E-state index in [1.54, 1.807) is 12.3 Å². The van der Waals surface area contributed by atoms with Crippen LogP contribution in [0.3, 0.4) is 0 Å². The molecule has 1 aromatic heterocycles. The van der Waals surface area contributed by atoms with Crippen LogP contribution in [0.15, 0.2) is 36.7 Å². The summed E-state index contributed by atoms with van der Waals surface area (Å²) < 4.78 is 0. The summed E-state index contributed by atoms with van der Waals surface area (Å²) in [6.45, 7) is 3.96. The van der Waals surface area contributed by atoms with Crippen molar-refractivity contribution >= 4 is 17.3 Å². The molecule has 4 N–H and O–H groups in total. The molecule has 98 valence electrons. The quantitative estimate of drug-likeness (QED) is 0.581. The minimum Gasteiger partial charge on any atom is -0.323 e. The molecule has 0 fully saturated rings. The van der Waals surface area contributed by atoms with Gasteiger partial charge in [-0.05, 0) is 31.5 Å². The molecule has 0 aliphatic heterocycles. The summed E-state index contributed by atoms with van der Waals surface area (Å²) in [5.41, 5.74) is 6.38. The fourth-order valence-electron chi connectivity index (χ4n) is 1.84. The second kappa shape index (κ2) is 5.49. The van der Waals surface area contributed by atoms with E-state index in [9.17, 15) is 4.79 Å². The highest BCUT2D eigenvalue weighted by atomic mass is 16.1. The van der Waals surface area contributed by atoms with E-state index in [1.165, 1.54) is 6.20 Å². The first-order valence-corrected chi connectivity index (χ1v) is 5.91. The Bertz CT molecular complexity index is 610. The van der Waals surface area contributed by atoms with Crippen LogP contribution in [-0.2, 0) is 0 Å². The molecule has 0 saturated heterocycles. The molecule has 0 unspecified atom stereocenters. The number of carbonyl (C=O) groups excluding carboxylic acids is 1. The van der Waals surface area contributed by atoms with Crippen molar-refractivity contribution in [3.8, 4) is 0 Å². The van der Waals surface area contributed by atoms with Crippen molar-refractivity contribution in [2.75, 3.05) is 10.7 Å². The number of hydrazine groups is 1. The third-order valence-electron chi connectivity index (χ3n) is 2.85. The Morgan fingerprint density at radius 1 is 1.21 bits per heavy atom. The number of aromatic nitrogens is 1.